The quantitative estimate of drug-likeness (QED) is 0.876. The van der Waals surface area contributed by atoms with Gasteiger partial charge in [0.05, 0.1) is 6.04 Å². The summed E-state index contributed by atoms with van der Waals surface area (Å²) < 4.78 is 0. The molecule has 0 spiro atoms. The molecule has 3 rings (SSSR count). The molecule has 0 saturated heterocycles. The number of carbonyl (C=O) groups is 2. The van der Waals surface area contributed by atoms with E-state index in [4.69, 9.17) is 11.6 Å². The van der Waals surface area contributed by atoms with Gasteiger partial charge < -0.3 is 10.2 Å². The number of nitrogens with one attached hydrogen (secondary N) is 1. The molecule has 21 heavy (non-hydrogen) atoms. The number of thiophene rings is 1. The second kappa shape index (κ2) is 5.50. The first-order valence-corrected chi connectivity index (χ1v) is 7.72. The molecule has 108 valence electrons. The highest BCUT2D eigenvalue weighted by Crippen LogP contribution is 2.38. The first kappa shape index (κ1) is 14.1. The van der Waals surface area contributed by atoms with Crippen LogP contribution in [0.2, 0.25) is 5.02 Å². The molecule has 0 saturated carbocycles. The van der Waals surface area contributed by atoms with Crippen LogP contribution in [0, 0.1) is 0 Å². The monoisotopic (exact) mass is 320 g/mol. The summed E-state index contributed by atoms with van der Waals surface area (Å²) in [6, 6.07) is 8.92. The Labute approximate surface area is 131 Å². The summed E-state index contributed by atoms with van der Waals surface area (Å²) in [5.74, 6) is -0.343. The number of benzene rings is 1. The lowest BCUT2D eigenvalue weighted by molar-refractivity contribution is -0.134. The smallest absolute Gasteiger partial charge is 0.244 e. The Hall–Kier alpha value is -1.85. The van der Waals surface area contributed by atoms with Gasteiger partial charge in [-0.1, -0.05) is 17.7 Å². The maximum atomic E-state index is 12.0. The molecule has 0 radical (unpaired) electrons. The zero-order valence-corrected chi connectivity index (χ0v) is 12.9. The van der Waals surface area contributed by atoms with E-state index in [-0.39, 0.29) is 24.4 Å². The van der Waals surface area contributed by atoms with Gasteiger partial charge in [-0.25, -0.2) is 0 Å². The lowest BCUT2D eigenvalue weighted by atomic mass is 10.0. The number of anilines is 1. The van der Waals surface area contributed by atoms with E-state index in [0.29, 0.717) is 10.7 Å². The van der Waals surface area contributed by atoms with Crippen LogP contribution in [0.3, 0.4) is 0 Å². The molecule has 1 aliphatic rings. The summed E-state index contributed by atoms with van der Waals surface area (Å²) in [5, 5.41) is 5.37. The molecular formula is C15H13ClN2O2S. The van der Waals surface area contributed by atoms with Gasteiger partial charge in [-0.3, -0.25) is 9.59 Å². The number of halogens is 1. The second-order valence-corrected chi connectivity index (χ2v) is 6.26. The van der Waals surface area contributed by atoms with Gasteiger partial charge in [0.25, 0.3) is 0 Å². The van der Waals surface area contributed by atoms with Crippen LogP contribution in [0.5, 0.6) is 0 Å². The fourth-order valence-corrected chi connectivity index (χ4v) is 3.56. The molecule has 1 aromatic carbocycles. The number of amides is 2. The second-order valence-electron chi connectivity index (χ2n) is 4.84. The molecule has 0 bridgehead atoms. The molecule has 1 unspecified atom stereocenters. The molecule has 1 atom stereocenters. The van der Waals surface area contributed by atoms with Crippen molar-refractivity contribution in [1.82, 2.24) is 4.90 Å². The minimum atomic E-state index is -0.296. The fourth-order valence-electron chi connectivity index (χ4n) is 2.52. The van der Waals surface area contributed by atoms with Gasteiger partial charge in [-0.05, 0) is 29.6 Å². The van der Waals surface area contributed by atoms with Crippen LogP contribution >= 0.6 is 22.9 Å². The van der Waals surface area contributed by atoms with E-state index in [1.807, 2.05) is 23.6 Å². The molecule has 2 amide bonds. The molecule has 2 heterocycles. The SMILES string of the molecule is CC(=O)N1CC(=O)Nc2ccc(Cl)cc2C1c1cccs1. The number of nitrogens with zero attached hydrogens (tertiary/aromatic N) is 1. The van der Waals surface area contributed by atoms with E-state index in [9.17, 15) is 9.59 Å². The predicted molar refractivity (Wildman–Crippen MR) is 83.6 cm³/mol. The summed E-state index contributed by atoms with van der Waals surface area (Å²) in [5.41, 5.74) is 1.54. The number of carbonyl (C=O) groups excluding carboxylic acids is 2. The first-order valence-electron chi connectivity index (χ1n) is 6.46. The van der Waals surface area contributed by atoms with Gasteiger partial charge in [0.1, 0.15) is 6.54 Å². The van der Waals surface area contributed by atoms with Gasteiger partial charge in [0, 0.05) is 28.1 Å². The maximum Gasteiger partial charge on any atom is 0.244 e. The van der Waals surface area contributed by atoms with E-state index in [1.54, 1.807) is 28.4 Å². The summed E-state index contributed by atoms with van der Waals surface area (Å²) in [6.07, 6.45) is 0. The summed E-state index contributed by atoms with van der Waals surface area (Å²) in [6.45, 7) is 1.51. The summed E-state index contributed by atoms with van der Waals surface area (Å²) in [4.78, 5) is 26.6. The number of hydrogen-bond donors (Lipinski definition) is 1. The van der Waals surface area contributed by atoms with Gasteiger partial charge in [0.15, 0.2) is 0 Å². The van der Waals surface area contributed by atoms with Crippen molar-refractivity contribution in [2.75, 3.05) is 11.9 Å². The van der Waals surface area contributed by atoms with Crippen LogP contribution in [0.4, 0.5) is 5.69 Å². The Morgan fingerprint density at radius 1 is 1.43 bits per heavy atom. The highest BCUT2D eigenvalue weighted by atomic mass is 35.5. The van der Waals surface area contributed by atoms with Crippen molar-refractivity contribution in [3.05, 3.63) is 51.2 Å². The van der Waals surface area contributed by atoms with E-state index in [2.05, 4.69) is 5.32 Å². The Kier molecular flexibility index (Phi) is 3.69. The molecule has 6 heteroatoms. The van der Waals surface area contributed by atoms with E-state index in [1.165, 1.54) is 6.92 Å². The maximum absolute atomic E-state index is 12.0. The standard InChI is InChI=1S/C15H13ClN2O2S/c1-9(19)18-8-14(20)17-12-5-4-10(16)7-11(12)15(18)13-3-2-6-21-13/h2-7,15H,8H2,1H3,(H,17,20). The first-order chi connectivity index (χ1) is 10.1. The summed E-state index contributed by atoms with van der Waals surface area (Å²) >= 11 is 7.66. The van der Waals surface area contributed by atoms with E-state index in [0.717, 1.165) is 10.4 Å². The third kappa shape index (κ3) is 2.66. The van der Waals surface area contributed by atoms with Gasteiger partial charge in [-0.2, -0.15) is 0 Å². The molecule has 1 aliphatic heterocycles. The fraction of sp³-hybridized carbons (Fsp3) is 0.200. The van der Waals surface area contributed by atoms with Gasteiger partial charge in [0.2, 0.25) is 11.8 Å². The van der Waals surface area contributed by atoms with Crippen molar-refractivity contribution >= 4 is 40.4 Å². The molecule has 1 N–H and O–H groups in total. The van der Waals surface area contributed by atoms with Crippen LogP contribution in [-0.2, 0) is 9.59 Å². The average Bonchev–Trinajstić information content (AvgIpc) is 2.90. The Bertz CT molecular complexity index is 700. The highest BCUT2D eigenvalue weighted by molar-refractivity contribution is 7.10. The van der Waals surface area contributed by atoms with Crippen LogP contribution in [0.15, 0.2) is 35.7 Å². The minimum Gasteiger partial charge on any atom is -0.324 e. The number of fused-ring (bicyclic) bond motifs is 1. The van der Waals surface area contributed by atoms with Crippen molar-refractivity contribution in [2.24, 2.45) is 0 Å². The molecule has 0 fully saturated rings. The largest absolute Gasteiger partial charge is 0.324 e. The lowest BCUT2D eigenvalue weighted by Gasteiger charge is -2.28. The van der Waals surface area contributed by atoms with Crippen LogP contribution in [0.25, 0.3) is 0 Å². The van der Waals surface area contributed by atoms with Crippen molar-refractivity contribution < 1.29 is 9.59 Å². The number of hydrogen-bond acceptors (Lipinski definition) is 3. The molecule has 0 aliphatic carbocycles. The van der Waals surface area contributed by atoms with Crippen molar-refractivity contribution in [2.45, 2.75) is 13.0 Å². The minimum absolute atomic E-state index is 0.0319. The Balaban J connectivity index is 2.21. The van der Waals surface area contributed by atoms with Gasteiger partial charge >= 0.3 is 0 Å². The molecule has 2 aromatic rings. The normalized spacial score (nSPS) is 17.9. The predicted octanol–water partition coefficient (Wildman–Crippen LogP) is 3.29. The average molecular weight is 321 g/mol. The van der Waals surface area contributed by atoms with E-state index >= 15 is 0 Å². The highest BCUT2D eigenvalue weighted by Gasteiger charge is 2.32. The number of rotatable bonds is 1. The van der Waals surface area contributed by atoms with E-state index < -0.39 is 0 Å². The molecular weight excluding hydrogens is 308 g/mol. The van der Waals surface area contributed by atoms with Crippen molar-refractivity contribution in [3.63, 3.8) is 0 Å². The Morgan fingerprint density at radius 2 is 2.24 bits per heavy atom. The van der Waals surface area contributed by atoms with Gasteiger partial charge in [-0.15, -0.1) is 11.3 Å². The molecule has 4 nitrogen and oxygen atoms in total. The lowest BCUT2D eigenvalue weighted by Crippen LogP contribution is -2.37. The zero-order valence-electron chi connectivity index (χ0n) is 11.3. The van der Waals surface area contributed by atoms with Crippen LogP contribution in [0.1, 0.15) is 23.4 Å². The molecule has 1 aromatic heterocycles. The third-order valence-electron chi connectivity index (χ3n) is 3.43. The van der Waals surface area contributed by atoms with Crippen LogP contribution in [-0.4, -0.2) is 23.3 Å². The van der Waals surface area contributed by atoms with Crippen molar-refractivity contribution in [3.8, 4) is 0 Å². The van der Waals surface area contributed by atoms with Crippen molar-refractivity contribution in [1.29, 1.82) is 0 Å². The topological polar surface area (TPSA) is 49.4 Å². The zero-order chi connectivity index (χ0) is 15.0. The summed E-state index contributed by atoms with van der Waals surface area (Å²) in [7, 11) is 0. The van der Waals surface area contributed by atoms with Crippen LogP contribution < -0.4 is 5.32 Å². The Morgan fingerprint density at radius 3 is 2.90 bits per heavy atom. The third-order valence-corrected chi connectivity index (χ3v) is 4.58.